The molecule has 0 bridgehead atoms. The summed E-state index contributed by atoms with van der Waals surface area (Å²) < 4.78 is 0. The minimum atomic E-state index is -0.440. The van der Waals surface area contributed by atoms with Gasteiger partial charge in [-0.15, -0.1) is 5.10 Å². The Morgan fingerprint density at radius 3 is 2.73 bits per heavy atom. The monoisotopic (exact) mass is 211 g/mol. The van der Waals surface area contributed by atoms with E-state index in [1.54, 1.807) is 0 Å². The lowest BCUT2D eigenvalue weighted by molar-refractivity contribution is 0.0905. The second-order valence-electron chi connectivity index (χ2n) is 4.00. The van der Waals surface area contributed by atoms with E-state index >= 15 is 0 Å². The molecule has 84 valence electrons. The Bertz CT molecular complexity index is 344. The van der Waals surface area contributed by atoms with Gasteiger partial charge in [0, 0.05) is 18.5 Å². The summed E-state index contributed by atoms with van der Waals surface area (Å²) in [5.74, 6) is 0.556. The van der Waals surface area contributed by atoms with Gasteiger partial charge in [0.1, 0.15) is 5.82 Å². The topological polar surface area (TPSA) is 96.7 Å². The quantitative estimate of drug-likeness (QED) is 0.644. The molecular formula is C9H17N5O. The van der Waals surface area contributed by atoms with Gasteiger partial charge in [-0.3, -0.25) is 9.89 Å². The molecule has 0 unspecified atom stereocenters. The lowest BCUT2D eigenvalue weighted by Gasteiger charge is -2.23. The molecule has 1 amide bonds. The maximum absolute atomic E-state index is 11.6. The molecule has 0 saturated heterocycles. The number of amides is 1. The smallest absolute Gasteiger partial charge is 0.291 e. The van der Waals surface area contributed by atoms with Crippen LogP contribution in [0.1, 0.15) is 37.2 Å². The molecule has 0 aromatic carbocycles. The van der Waals surface area contributed by atoms with E-state index in [2.05, 4.69) is 20.5 Å². The van der Waals surface area contributed by atoms with E-state index in [4.69, 9.17) is 5.73 Å². The molecule has 0 spiro atoms. The third kappa shape index (κ3) is 3.02. The third-order valence-corrected chi connectivity index (χ3v) is 2.03. The average molecular weight is 211 g/mol. The molecule has 1 heterocycles. The largest absolute Gasteiger partial charge is 0.343 e. The van der Waals surface area contributed by atoms with Crippen molar-refractivity contribution in [2.75, 3.05) is 6.54 Å². The Morgan fingerprint density at radius 1 is 1.60 bits per heavy atom. The number of hydrogen-bond donors (Lipinski definition) is 3. The van der Waals surface area contributed by atoms with Crippen molar-refractivity contribution >= 4 is 5.91 Å². The second-order valence-corrected chi connectivity index (χ2v) is 4.00. The standard InChI is InChI=1S/C9H17N5O/c1-4-6-11-7(14-13-6)8(15)12-9(2,3)5-10/h4-5,10H2,1-3H3,(H,12,15)(H,11,13,14). The minimum absolute atomic E-state index is 0.161. The highest BCUT2D eigenvalue weighted by Crippen LogP contribution is 2.01. The number of nitrogens with two attached hydrogens (primary N) is 1. The molecule has 6 nitrogen and oxygen atoms in total. The Labute approximate surface area is 88.7 Å². The molecular weight excluding hydrogens is 194 g/mol. The van der Waals surface area contributed by atoms with Gasteiger partial charge in [-0.05, 0) is 13.8 Å². The van der Waals surface area contributed by atoms with E-state index in [0.29, 0.717) is 12.4 Å². The van der Waals surface area contributed by atoms with E-state index < -0.39 is 5.54 Å². The Balaban J connectivity index is 2.69. The van der Waals surface area contributed by atoms with Crippen molar-refractivity contribution in [2.24, 2.45) is 5.73 Å². The summed E-state index contributed by atoms with van der Waals surface area (Å²) in [7, 11) is 0. The van der Waals surface area contributed by atoms with E-state index in [9.17, 15) is 4.79 Å². The predicted molar refractivity (Wildman–Crippen MR) is 56.4 cm³/mol. The van der Waals surface area contributed by atoms with Crippen molar-refractivity contribution in [2.45, 2.75) is 32.7 Å². The Hall–Kier alpha value is -1.43. The van der Waals surface area contributed by atoms with Crippen LogP contribution in [0, 0.1) is 0 Å². The number of carbonyl (C=O) groups is 1. The molecule has 1 rings (SSSR count). The summed E-state index contributed by atoms with van der Waals surface area (Å²) in [6.07, 6.45) is 0.723. The number of rotatable bonds is 4. The van der Waals surface area contributed by atoms with Gasteiger partial charge in [-0.25, -0.2) is 4.98 Å². The maximum atomic E-state index is 11.6. The van der Waals surface area contributed by atoms with Gasteiger partial charge in [-0.2, -0.15) is 0 Å². The van der Waals surface area contributed by atoms with Crippen LogP contribution in [0.4, 0.5) is 0 Å². The summed E-state index contributed by atoms with van der Waals surface area (Å²) in [6.45, 7) is 5.99. The highest BCUT2D eigenvalue weighted by Gasteiger charge is 2.21. The van der Waals surface area contributed by atoms with E-state index in [-0.39, 0.29) is 11.7 Å². The molecule has 0 fully saturated rings. The van der Waals surface area contributed by atoms with Crippen LogP contribution in [0.3, 0.4) is 0 Å². The molecule has 0 aliphatic heterocycles. The van der Waals surface area contributed by atoms with Crippen LogP contribution < -0.4 is 11.1 Å². The summed E-state index contributed by atoms with van der Waals surface area (Å²) >= 11 is 0. The zero-order chi connectivity index (χ0) is 11.5. The maximum Gasteiger partial charge on any atom is 0.291 e. The van der Waals surface area contributed by atoms with Gasteiger partial charge in [0.25, 0.3) is 5.91 Å². The van der Waals surface area contributed by atoms with Gasteiger partial charge >= 0.3 is 0 Å². The van der Waals surface area contributed by atoms with Gasteiger partial charge in [0.05, 0.1) is 0 Å². The summed E-state index contributed by atoms with van der Waals surface area (Å²) in [4.78, 5) is 15.7. The van der Waals surface area contributed by atoms with Crippen LogP contribution in [0.2, 0.25) is 0 Å². The Kier molecular flexibility index (Phi) is 3.41. The lowest BCUT2D eigenvalue weighted by Crippen LogP contribution is -2.49. The van der Waals surface area contributed by atoms with Crippen molar-refractivity contribution in [3.63, 3.8) is 0 Å². The molecule has 0 aliphatic rings. The number of nitrogens with one attached hydrogen (secondary N) is 2. The number of hydrogen-bond acceptors (Lipinski definition) is 4. The van der Waals surface area contributed by atoms with Crippen molar-refractivity contribution in [1.29, 1.82) is 0 Å². The third-order valence-electron chi connectivity index (χ3n) is 2.03. The normalized spacial score (nSPS) is 11.5. The van der Waals surface area contributed by atoms with Crippen molar-refractivity contribution in [3.05, 3.63) is 11.6 Å². The first kappa shape index (κ1) is 11.6. The molecule has 0 saturated carbocycles. The highest BCUT2D eigenvalue weighted by atomic mass is 16.2. The predicted octanol–water partition coefficient (Wildman–Crippen LogP) is -0.166. The van der Waals surface area contributed by atoms with Crippen molar-refractivity contribution in [1.82, 2.24) is 20.5 Å². The average Bonchev–Trinajstić information content (AvgIpc) is 2.65. The number of nitrogens with zero attached hydrogens (tertiary/aromatic N) is 2. The number of aromatic amines is 1. The first-order chi connectivity index (χ1) is 6.98. The first-order valence-corrected chi connectivity index (χ1v) is 4.92. The molecule has 6 heteroatoms. The zero-order valence-corrected chi connectivity index (χ0v) is 9.29. The SMILES string of the molecule is CCc1nc(C(=O)NC(C)(C)CN)n[nH]1. The van der Waals surface area contributed by atoms with Gasteiger partial charge < -0.3 is 11.1 Å². The van der Waals surface area contributed by atoms with E-state index in [0.717, 1.165) is 6.42 Å². The van der Waals surface area contributed by atoms with E-state index in [1.807, 2.05) is 20.8 Å². The number of aryl methyl sites for hydroxylation is 1. The zero-order valence-electron chi connectivity index (χ0n) is 9.29. The number of aromatic nitrogens is 3. The van der Waals surface area contributed by atoms with Crippen LogP contribution >= 0.6 is 0 Å². The lowest BCUT2D eigenvalue weighted by atomic mass is 10.1. The highest BCUT2D eigenvalue weighted by molar-refractivity contribution is 5.90. The summed E-state index contributed by atoms with van der Waals surface area (Å²) in [5, 5.41) is 9.25. The van der Waals surface area contributed by atoms with Crippen LogP contribution in [-0.4, -0.2) is 33.2 Å². The fourth-order valence-electron chi connectivity index (χ4n) is 0.969. The van der Waals surface area contributed by atoms with Crippen molar-refractivity contribution in [3.8, 4) is 0 Å². The van der Waals surface area contributed by atoms with Gasteiger partial charge in [0.15, 0.2) is 0 Å². The van der Waals surface area contributed by atoms with E-state index in [1.165, 1.54) is 0 Å². The van der Waals surface area contributed by atoms with Crippen LogP contribution in [0.25, 0.3) is 0 Å². The Morgan fingerprint density at radius 2 is 2.27 bits per heavy atom. The van der Waals surface area contributed by atoms with Crippen LogP contribution in [0.15, 0.2) is 0 Å². The minimum Gasteiger partial charge on any atom is -0.343 e. The fraction of sp³-hybridized carbons (Fsp3) is 0.667. The second kappa shape index (κ2) is 4.39. The molecule has 1 aromatic heterocycles. The van der Waals surface area contributed by atoms with Crippen LogP contribution in [0.5, 0.6) is 0 Å². The summed E-state index contributed by atoms with van der Waals surface area (Å²) in [5.41, 5.74) is 5.06. The van der Waals surface area contributed by atoms with Gasteiger partial charge in [-0.1, -0.05) is 6.92 Å². The van der Waals surface area contributed by atoms with Crippen LogP contribution in [-0.2, 0) is 6.42 Å². The molecule has 0 atom stereocenters. The molecule has 1 aromatic rings. The molecule has 15 heavy (non-hydrogen) atoms. The van der Waals surface area contributed by atoms with Gasteiger partial charge in [0.2, 0.25) is 5.82 Å². The van der Waals surface area contributed by atoms with Crippen molar-refractivity contribution < 1.29 is 4.79 Å². The molecule has 0 radical (unpaired) electrons. The number of H-pyrrole nitrogens is 1. The summed E-state index contributed by atoms with van der Waals surface area (Å²) in [6, 6.07) is 0. The number of carbonyl (C=O) groups excluding carboxylic acids is 1. The molecule has 0 aliphatic carbocycles. The molecule has 4 N–H and O–H groups in total. The fourth-order valence-corrected chi connectivity index (χ4v) is 0.969. The first-order valence-electron chi connectivity index (χ1n) is 4.92.